The van der Waals surface area contributed by atoms with Crippen molar-refractivity contribution in [3.8, 4) is 11.5 Å². The molecule has 2 rings (SSSR count). The van der Waals surface area contributed by atoms with Crippen molar-refractivity contribution in [1.29, 1.82) is 0 Å². The number of hydrogen-bond donors (Lipinski definition) is 2. The molecule has 2 N–H and O–H groups in total. The Morgan fingerprint density at radius 1 is 0.739 bits per heavy atom. The predicted octanol–water partition coefficient (Wildman–Crippen LogP) is 6.39. The molecule has 4 heteroatoms. The summed E-state index contributed by atoms with van der Waals surface area (Å²) in [5.41, 5.74) is 2.06. The second-order valence-corrected chi connectivity index (χ2v) is 6.11. The molecule has 0 saturated carbocycles. The van der Waals surface area contributed by atoms with Crippen molar-refractivity contribution in [2.75, 3.05) is 0 Å². The van der Waals surface area contributed by atoms with Crippen molar-refractivity contribution in [3.05, 3.63) is 57.6 Å². The highest BCUT2D eigenvalue weighted by molar-refractivity contribution is 6.33. The Morgan fingerprint density at radius 2 is 1.22 bits per heavy atom. The number of aromatic hydroxyl groups is 2. The molecule has 0 saturated heterocycles. The largest absolute Gasteiger partial charge is 0.506 e. The Bertz CT molecular complexity index is 612. The standard InChI is InChI=1S/C10H13ClO.C9H11ClO/c1-2-3-5-8-6-4-7-9(12)10(8)11;1-2-4-7-5-3-6-8(11)9(7)10/h4,6-7,12H,2-3,5H2,1H3;3,5-6,11H,2,4H2,1H3. The lowest BCUT2D eigenvalue weighted by molar-refractivity contribution is 0.474. The van der Waals surface area contributed by atoms with Gasteiger partial charge in [0, 0.05) is 0 Å². The highest BCUT2D eigenvalue weighted by Crippen LogP contribution is 2.28. The first-order valence-corrected chi connectivity index (χ1v) is 8.69. The smallest absolute Gasteiger partial charge is 0.134 e. The van der Waals surface area contributed by atoms with Crippen LogP contribution in [0.15, 0.2) is 36.4 Å². The molecule has 0 atom stereocenters. The summed E-state index contributed by atoms with van der Waals surface area (Å²) in [5, 5.41) is 19.5. The number of aryl methyl sites for hydroxylation is 2. The maximum Gasteiger partial charge on any atom is 0.134 e. The van der Waals surface area contributed by atoms with Crippen LogP contribution in [0.2, 0.25) is 10.0 Å². The van der Waals surface area contributed by atoms with Crippen LogP contribution in [0.1, 0.15) is 44.2 Å². The summed E-state index contributed by atoms with van der Waals surface area (Å²) in [5.74, 6) is 0.364. The summed E-state index contributed by atoms with van der Waals surface area (Å²) < 4.78 is 0. The maximum atomic E-state index is 9.27. The van der Waals surface area contributed by atoms with Crippen molar-refractivity contribution in [2.24, 2.45) is 0 Å². The zero-order valence-corrected chi connectivity index (χ0v) is 15.2. The fraction of sp³-hybridized carbons (Fsp3) is 0.368. The van der Waals surface area contributed by atoms with Crippen molar-refractivity contribution in [3.63, 3.8) is 0 Å². The summed E-state index contributed by atoms with van der Waals surface area (Å²) in [7, 11) is 0. The highest BCUT2D eigenvalue weighted by Gasteiger charge is 2.03. The van der Waals surface area contributed by atoms with E-state index in [1.165, 1.54) is 0 Å². The topological polar surface area (TPSA) is 40.5 Å². The lowest BCUT2D eigenvalue weighted by Crippen LogP contribution is -1.85. The van der Waals surface area contributed by atoms with Gasteiger partial charge in [0.25, 0.3) is 0 Å². The van der Waals surface area contributed by atoms with Gasteiger partial charge in [0.1, 0.15) is 11.5 Å². The van der Waals surface area contributed by atoms with E-state index in [0.29, 0.717) is 10.0 Å². The van der Waals surface area contributed by atoms with Gasteiger partial charge in [-0.15, -0.1) is 0 Å². The molecule has 0 fully saturated rings. The summed E-state index contributed by atoms with van der Waals surface area (Å²) in [6.45, 7) is 4.22. The van der Waals surface area contributed by atoms with E-state index < -0.39 is 0 Å². The molecule has 2 nitrogen and oxygen atoms in total. The fourth-order valence-corrected chi connectivity index (χ4v) is 2.60. The number of hydrogen-bond acceptors (Lipinski definition) is 2. The molecule has 0 spiro atoms. The zero-order valence-electron chi connectivity index (χ0n) is 13.6. The first kappa shape index (κ1) is 19.7. The molecule has 0 aliphatic heterocycles. The molecule has 0 heterocycles. The van der Waals surface area contributed by atoms with E-state index >= 15 is 0 Å². The number of benzene rings is 2. The Kier molecular flexibility index (Phi) is 8.90. The van der Waals surface area contributed by atoms with E-state index in [4.69, 9.17) is 23.2 Å². The maximum absolute atomic E-state index is 9.27. The van der Waals surface area contributed by atoms with Crippen molar-refractivity contribution >= 4 is 23.2 Å². The fourth-order valence-electron chi connectivity index (χ4n) is 2.16. The lowest BCUT2D eigenvalue weighted by Gasteiger charge is -2.03. The molecule has 126 valence electrons. The summed E-state index contributed by atoms with van der Waals surface area (Å²) >= 11 is 11.7. The van der Waals surface area contributed by atoms with Crippen LogP contribution in [0.25, 0.3) is 0 Å². The SMILES string of the molecule is CCCCc1cccc(O)c1Cl.CCCc1cccc(O)c1Cl. The molecule has 23 heavy (non-hydrogen) atoms. The number of phenols is 2. The molecule has 0 unspecified atom stereocenters. The highest BCUT2D eigenvalue weighted by atomic mass is 35.5. The normalized spacial score (nSPS) is 10.1. The minimum atomic E-state index is 0.178. The van der Waals surface area contributed by atoms with E-state index in [9.17, 15) is 10.2 Å². The quantitative estimate of drug-likeness (QED) is 0.653. The average molecular weight is 355 g/mol. The Balaban J connectivity index is 0.000000231. The summed E-state index contributed by atoms with van der Waals surface area (Å²) in [6.07, 6.45) is 5.18. The Morgan fingerprint density at radius 3 is 1.65 bits per heavy atom. The van der Waals surface area contributed by atoms with E-state index in [2.05, 4.69) is 13.8 Å². The minimum absolute atomic E-state index is 0.178. The van der Waals surface area contributed by atoms with Crippen LogP contribution in [-0.4, -0.2) is 10.2 Å². The van der Waals surface area contributed by atoms with E-state index in [1.807, 2.05) is 24.3 Å². The monoisotopic (exact) mass is 354 g/mol. The minimum Gasteiger partial charge on any atom is -0.506 e. The third-order valence-corrected chi connectivity index (χ3v) is 4.31. The summed E-state index contributed by atoms with van der Waals surface area (Å²) in [4.78, 5) is 0. The van der Waals surface area contributed by atoms with Crippen molar-refractivity contribution in [1.82, 2.24) is 0 Å². The van der Waals surface area contributed by atoms with Gasteiger partial charge in [-0.1, -0.05) is 74.2 Å². The van der Waals surface area contributed by atoms with Gasteiger partial charge in [-0.05, 0) is 42.5 Å². The van der Waals surface area contributed by atoms with Crippen LogP contribution in [0.3, 0.4) is 0 Å². The van der Waals surface area contributed by atoms with Gasteiger partial charge in [0.05, 0.1) is 10.0 Å². The first-order chi connectivity index (χ1) is 11.0. The molecule has 0 aliphatic carbocycles. The van der Waals surface area contributed by atoms with E-state index in [1.54, 1.807) is 12.1 Å². The van der Waals surface area contributed by atoms with Gasteiger partial charge in [0.15, 0.2) is 0 Å². The lowest BCUT2D eigenvalue weighted by atomic mass is 10.1. The Labute approximate surface area is 148 Å². The molecule has 0 bridgehead atoms. The van der Waals surface area contributed by atoms with E-state index in [0.717, 1.165) is 43.2 Å². The number of unbranched alkanes of at least 4 members (excludes halogenated alkanes) is 1. The Hall–Kier alpha value is -1.38. The first-order valence-electron chi connectivity index (χ1n) is 7.93. The van der Waals surface area contributed by atoms with Crippen LogP contribution < -0.4 is 0 Å². The van der Waals surface area contributed by atoms with Crippen molar-refractivity contribution in [2.45, 2.75) is 46.0 Å². The van der Waals surface area contributed by atoms with Crippen LogP contribution in [-0.2, 0) is 12.8 Å². The molecular weight excluding hydrogens is 331 g/mol. The van der Waals surface area contributed by atoms with Gasteiger partial charge in [-0.2, -0.15) is 0 Å². The molecule has 0 radical (unpaired) electrons. The number of halogens is 2. The second kappa shape index (κ2) is 10.4. The third-order valence-electron chi connectivity index (χ3n) is 3.44. The molecule has 0 aliphatic rings. The van der Waals surface area contributed by atoms with Gasteiger partial charge in [-0.25, -0.2) is 0 Å². The summed E-state index contributed by atoms with van der Waals surface area (Å²) in [6, 6.07) is 10.7. The van der Waals surface area contributed by atoms with Gasteiger partial charge in [0.2, 0.25) is 0 Å². The van der Waals surface area contributed by atoms with E-state index in [-0.39, 0.29) is 11.5 Å². The van der Waals surface area contributed by atoms with Gasteiger partial charge < -0.3 is 10.2 Å². The van der Waals surface area contributed by atoms with Crippen molar-refractivity contribution < 1.29 is 10.2 Å². The zero-order chi connectivity index (χ0) is 17.2. The molecular formula is C19H24Cl2O2. The molecule has 0 aromatic heterocycles. The van der Waals surface area contributed by atoms with Crippen LogP contribution >= 0.6 is 23.2 Å². The van der Waals surface area contributed by atoms with Crippen LogP contribution in [0.4, 0.5) is 0 Å². The van der Waals surface area contributed by atoms with Gasteiger partial charge >= 0.3 is 0 Å². The molecule has 2 aromatic carbocycles. The van der Waals surface area contributed by atoms with Crippen LogP contribution in [0.5, 0.6) is 11.5 Å². The predicted molar refractivity (Wildman–Crippen MR) is 98.8 cm³/mol. The van der Waals surface area contributed by atoms with Crippen LogP contribution in [0, 0.1) is 0 Å². The number of rotatable bonds is 5. The average Bonchev–Trinajstić information content (AvgIpc) is 2.54. The second-order valence-electron chi connectivity index (χ2n) is 5.35. The van der Waals surface area contributed by atoms with Gasteiger partial charge in [-0.3, -0.25) is 0 Å². The molecule has 0 amide bonds. The third kappa shape index (κ3) is 6.32. The molecule has 2 aromatic rings. The number of phenolic OH excluding ortho intramolecular Hbond substituents is 2.